The molecule has 6 rings (SSSR count). The first-order valence-corrected chi connectivity index (χ1v) is 11.7. The molecule has 2 heterocycles. The van der Waals surface area contributed by atoms with Crippen LogP contribution in [0, 0.1) is 19.3 Å². The van der Waals surface area contributed by atoms with Gasteiger partial charge in [0.25, 0.3) is 0 Å². The summed E-state index contributed by atoms with van der Waals surface area (Å²) in [6.45, 7) is 9.78. The Labute approximate surface area is 208 Å². The molecular formula is C32H22FN2O+. The third-order valence-electron chi connectivity index (χ3n) is 6.77. The molecule has 36 heavy (non-hydrogen) atoms. The van der Waals surface area contributed by atoms with E-state index in [0.29, 0.717) is 16.9 Å². The highest BCUT2D eigenvalue weighted by Crippen LogP contribution is 2.44. The number of aromatic nitrogens is 1. The Morgan fingerprint density at radius 2 is 1.53 bits per heavy atom. The molecule has 0 amide bonds. The van der Waals surface area contributed by atoms with Crippen LogP contribution in [0.25, 0.3) is 60.3 Å². The predicted octanol–water partition coefficient (Wildman–Crippen LogP) is 8.41. The van der Waals surface area contributed by atoms with Crippen LogP contribution in [-0.2, 0) is 7.05 Å². The van der Waals surface area contributed by atoms with Gasteiger partial charge in [0, 0.05) is 28.5 Å². The summed E-state index contributed by atoms with van der Waals surface area (Å²) in [6.07, 6.45) is 1.70. The van der Waals surface area contributed by atoms with Crippen molar-refractivity contribution in [1.29, 1.82) is 0 Å². The molecule has 0 saturated carbocycles. The van der Waals surface area contributed by atoms with Gasteiger partial charge >= 0.3 is 0 Å². The molecule has 0 radical (unpaired) electrons. The van der Waals surface area contributed by atoms with Crippen molar-refractivity contribution in [3.8, 4) is 33.5 Å². The lowest BCUT2D eigenvalue weighted by atomic mass is 9.97. The summed E-state index contributed by atoms with van der Waals surface area (Å²) in [5.74, 6) is -0.309. The second-order valence-corrected chi connectivity index (χ2v) is 8.97. The third kappa shape index (κ3) is 3.45. The van der Waals surface area contributed by atoms with Crippen molar-refractivity contribution in [3.63, 3.8) is 0 Å². The second-order valence-electron chi connectivity index (χ2n) is 8.97. The summed E-state index contributed by atoms with van der Waals surface area (Å²) in [5.41, 5.74) is 8.58. The highest BCUT2D eigenvalue weighted by molar-refractivity contribution is 6.18. The summed E-state index contributed by atoms with van der Waals surface area (Å²) in [7, 11) is 1.89. The normalized spacial score (nSPS) is 11.2. The van der Waals surface area contributed by atoms with Gasteiger partial charge in [-0.2, -0.15) is 0 Å². The minimum Gasteiger partial charge on any atom is -0.456 e. The van der Waals surface area contributed by atoms with Crippen molar-refractivity contribution in [2.24, 2.45) is 7.05 Å². The van der Waals surface area contributed by atoms with E-state index >= 15 is 0 Å². The molecule has 4 aromatic carbocycles. The van der Waals surface area contributed by atoms with Crippen LogP contribution in [0.1, 0.15) is 5.56 Å². The molecule has 0 aliphatic carbocycles. The van der Waals surface area contributed by atoms with E-state index in [0.717, 1.165) is 49.8 Å². The molecule has 0 spiro atoms. The molecule has 4 heteroatoms. The van der Waals surface area contributed by atoms with Crippen LogP contribution >= 0.6 is 0 Å². The molecule has 0 aliphatic heterocycles. The van der Waals surface area contributed by atoms with Gasteiger partial charge in [0.05, 0.1) is 12.1 Å². The van der Waals surface area contributed by atoms with E-state index in [-0.39, 0.29) is 5.82 Å². The van der Waals surface area contributed by atoms with Crippen LogP contribution in [-0.4, -0.2) is 0 Å². The van der Waals surface area contributed by atoms with Gasteiger partial charge < -0.3 is 4.42 Å². The lowest BCUT2D eigenvalue weighted by molar-refractivity contribution is -0.660. The van der Waals surface area contributed by atoms with Crippen LogP contribution < -0.4 is 4.57 Å². The molecule has 172 valence electrons. The number of hydrogen-bond donors (Lipinski definition) is 0. The molecule has 0 bridgehead atoms. The smallest absolute Gasteiger partial charge is 0.219 e. The number of pyridine rings is 1. The van der Waals surface area contributed by atoms with E-state index in [2.05, 4.69) is 41.2 Å². The Bertz CT molecular complexity index is 1810. The summed E-state index contributed by atoms with van der Waals surface area (Å²) < 4.78 is 22.7. The highest BCUT2D eigenvalue weighted by atomic mass is 19.1. The second kappa shape index (κ2) is 8.48. The van der Waals surface area contributed by atoms with E-state index < -0.39 is 0 Å². The fourth-order valence-corrected chi connectivity index (χ4v) is 4.93. The van der Waals surface area contributed by atoms with Crippen molar-refractivity contribution in [3.05, 3.63) is 120 Å². The van der Waals surface area contributed by atoms with Crippen molar-refractivity contribution in [1.82, 2.24) is 0 Å². The Hall–Kier alpha value is -4.75. The van der Waals surface area contributed by atoms with E-state index in [4.69, 9.17) is 11.0 Å². The van der Waals surface area contributed by atoms with E-state index in [1.165, 1.54) is 12.1 Å². The molecule has 0 N–H and O–H groups in total. The number of benzene rings is 4. The summed E-state index contributed by atoms with van der Waals surface area (Å²) in [6, 6.07) is 29.4. The first-order chi connectivity index (χ1) is 17.5. The summed E-state index contributed by atoms with van der Waals surface area (Å²) in [4.78, 5) is 3.79. The van der Waals surface area contributed by atoms with Gasteiger partial charge in [0.1, 0.15) is 24.0 Å². The summed E-state index contributed by atoms with van der Waals surface area (Å²) in [5, 5.41) is 1.63. The minimum atomic E-state index is -0.309. The van der Waals surface area contributed by atoms with Crippen molar-refractivity contribution < 1.29 is 13.4 Å². The fraction of sp³-hybridized carbons (Fsp3) is 0.0625. The maximum absolute atomic E-state index is 14.2. The van der Waals surface area contributed by atoms with Crippen LogP contribution in [0.15, 0.2) is 102 Å². The van der Waals surface area contributed by atoms with Crippen molar-refractivity contribution in [2.45, 2.75) is 6.92 Å². The van der Waals surface area contributed by atoms with Crippen molar-refractivity contribution >= 4 is 27.6 Å². The van der Waals surface area contributed by atoms with Crippen LogP contribution in [0.5, 0.6) is 0 Å². The number of nitrogens with zero attached hydrogens (tertiary/aromatic N) is 2. The summed E-state index contributed by atoms with van der Waals surface area (Å²) >= 11 is 0. The number of furan rings is 1. The quantitative estimate of drug-likeness (QED) is 0.188. The lowest BCUT2D eigenvalue weighted by Crippen LogP contribution is -2.30. The molecule has 0 aliphatic rings. The first-order valence-electron chi connectivity index (χ1n) is 11.7. The molecule has 2 aromatic heterocycles. The number of aryl methyl sites for hydroxylation is 2. The standard InChI is InChI=1S/C32H22FN2O/c1-20-9-14-26-30-27(34-2)16-15-25(23-12-10-22(11-13-23)21-7-5-4-6-8-21)31(30)36-32(26)29(20)28-19-24(33)17-18-35(28)3/h4-19H,1,3H3/q+1. The molecular weight excluding hydrogens is 447 g/mol. The molecule has 0 unspecified atom stereocenters. The number of rotatable bonds is 3. The fourth-order valence-electron chi connectivity index (χ4n) is 4.93. The number of halogens is 1. The van der Waals surface area contributed by atoms with E-state index in [1.54, 1.807) is 6.20 Å². The van der Waals surface area contributed by atoms with Gasteiger partial charge in [0.15, 0.2) is 11.9 Å². The van der Waals surface area contributed by atoms with Gasteiger partial charge in [-0.25, -0.2) is 13.8 Å². The first kappa shape index (κ1) is 21.8. The largest absolute Gasteiger partial charge is 0.456 e. The van der Waals surface area contributed by atoms with E-state index in [1.807, 2.05) is 61.0 Å². The maximum atomic E-state index is 14.2. The monoisotopic (exact) mass is 469 g/mol. The molecule has 3 nitrogen and oxygen atoms in total. The Kier molecular flexibility index (Phi) is 5.13. The maximum Gasteiger partial charge on any atom is 0.219 e. The van der Waals surface area contributed by atoms with Crippen LogP contribution in [0.3, 0.4) is 0 Å². The zero-order chi connectivity index (χ0) is 24.8. The topological polar surface area (TPSA) is 21.4 Å². The van der Waals surface area contributed by atoms with Gasteiger partial charge in [0.2, 0.25) is 5.69 Å². The molecule has 6 aromatic rings. The average Bonchev–Trinajstić information content (AvgIpc) is 3.30. The molecule has 0 atom stereocenters. The highest BCUT2D eigenvalue weighted by Gasteiger charge is 2.23. The average molecular weight is 470 g/mol. The van der Waals surface area contributed by atoms with Gasteiger partial charge in [-0.3, -0.25) is 0 Å². The SMILES string of the molecule is [C-]#[N+]c1ccc(-c2ccc(-c3ccccc3)cc2)c2oc3c(-c4cc(F)cc[n+]4C)c(C)ccc3c12. The Morgan fingerprint density at radius 3 is 2.28 bits per heavy atom. The van der Waals surface area contributed by atoms with E-state index in [9.17, 15) is 4.39 Å². The zero-order valence-electron chi connectivity index (χ0n) is 19.9. The van der Waals surface area contributed by atoms with Gasteiger partial charge in [-0.05, 0) is 29.2 Å². The zero-order valence-corrected chi connectivity index (χ0v) is 19.9. The predicted molar refractivity (Wildman–Crippen MR) is 142 cm³/mol. The van der Waals surface area contributed by atoms with Crippen LogP contribution in [0.2, 0.25) is 0 Å². The molecule has 0 saturated heterocycles. The van der Waals surface area contributed by atoms with Gasteiger partial charge in [-0.1, -0.05) is 78.9 Å². The van der Waals surface area contributed by atoms with Crippen LogP contribution in [0.4, 0.5) is 10.1 Å². The third-order valence-corrected chi connectivity index (χ3v) is 6.77. The number of fused-ring (bicyclic) bond motifs is 3. The number of hydrogen-bond acceptors (Lipinski definition) is 1. The minimum absolute atomic E-state index is 0.309. The molecule has 0 fully saturated rings. The Morgan fingerprint density at radius 1 is 0.806 bits per heavy atom. The van der Waals surface area contributed by atoms with Crippen molar-refractivity contribution in [2.75, 3.05) is 0 Å². The Balaban J connectivity index is 1.61. The van der Waals surface area contributed by atoms with Gasteiger partial charge in [-0.15, -0.1) is 0 Å². The lowest BCUT2D eigenvalue weighted by Gasteiger charge is -2.06.